The second-order valence-corrected chi connectivity index (χ2v) is 1.92. The summed E-state index contributed by atoms with van der Waals surface area (Å²) in [5.74, 6) is 0.306. The zero-order chi connectivity index (χ0) is 6.57. The van der Waals surface area contributed by atoms with Crippen LogP contribution in [-0.4, -0.2) is 5.78 Å². The van der Waals surface area contributed by atoms with Gasteiger partial charge in [0.15, 0.2) is 5.78 Å². The van der Waals surface area contributed by atoms with Crippen LogP contribution in [0.4, 0.5) is 0 Å². The zero-order valence-corrected chi connectivity index (χ0v) is 5.48. The third-order valence-corrected chi connectivity index (χ3v) is 1.30. The van der Waals surface area contributed by atoms with Crippen molar-refractivity contribution in [1.29, 1.82) is 0 Å². The van der Waals surface area contributed by atoms with Crippen LogP contribution in [0.2, 0.25) is 0 Å². The molecule has 0 radical (unpaired) electrons. The molecular formula is C7H12O. The fourth-order valence-corrected chi connectivity index (χ4v) is 0.402. The molecule has 0 aromatic heterocycles. The molecule has 0 saturated heterocycles. The highest BCUT2D eigenvalue weighted by Gasteiger charge is 2.03. The van der Waals surface area contributed by atoms with E-state index in [0.29, 0.717) is 0 Å². The van der Waals surface area contributed by atoms with Crippen molar-refractivity contribution in [1.82, 2.24) is 0 Å². The SMILES string of the molecule is C=CC(=O)C(C)CC. The maximum absolute atomic E-state index is 10.6. The number of carbonyl (C=O) groups excluding carboxylic acids is 1. The molecule has 0 aliphatic heterocycles. The number of rotatable bonds is 3. The van der Waals surface area contributed by atoms with E-state index in [-0.39, 0.29) is 11.7 Å². The molecule has 0 amide bonds. The summed E-state index contributed by atoms with van der Waals surface area (Å²) >= 11 is 0. The van der Waals surface area contributed by atoms with Crippen molar-refractivity contribution in [2.45, 2.75) is 20.3 Å². The molecule has 1 atom stereocenters. The van der Waals surface area contributed by atoms with Gasteiger partial charge in [0, 0.05) is 5.92 Å². The molecule has 0 bridgehead atoms. The summed E-state index contributed by atoms with van der Waals surface area (Å²) in [7, 11) is 0. The first-order valence-corrected chi connectivity index (χ1v) is 2.88. The maximum atomic E-state index is 10.6. The van der Waals surface area contributed by atoms with Crippen LogP contribution in [0.3, 0.4) is 0 Å². The molecule has 0 N–H and O–H groups in total. The van der Waals surface area contributed by atoms with Gasteiger partial charge in [-0.1, -0.05) is 20.4 Å². The van der Waals surface area contributed by atoms with Gasteiger partial charge in [-0.3, -0.25) is 4.79 Å². The largest absolute Gasteiger partial charge is 0.295 e. The molecule has 1 nitrogen and oxygen atoms in total. The average molecular weight is 112 g/mol. The third-order valence-electron chi connectivity index (χ3n) is 1.30. The van der Waals surface area contributed by atoms with Gasteiger partial charge in [-0.15, -0.1) is 0 Å². The molecule has 0 rings (SSSR count). The van der Waals surface area contributed by atoms with Gasteiger partial charge < -0.3 is 0 Å². The molecule has 0 aliphatic carbocycles. The summed E-state index contributed by atoms with van der Waals surface area (Å²) in [4.78, 5) is 10.6. The Morgan fingerprint density at radius 2 is 2.38 bits per heavy atom. The summed E-state index contributed by atoms with van der Waals surface area (Å²) in [5, 5.41) is 0. The number of hydrogen-bond acceptors (Lipinski definition) is 1. The zero-order valence-electron chi connectivity index (χ0n) is 5.48. The Morgan fingerprint density at radius 3 is 2.50 bits per heavy atom. The van der Waals surface area contributed by atoms with Gasteiger partial charge in [-0.05, 0) is 12.5 Å². The summed E-state index contributed by atoms with van der Waals surface area (Å²) in [6, 6.07) is 0. The van der Waals surface area contributed by atoms with Crippen molar-refractivity contribution in [2.75, 3.05) is 0 Å². The van der Waals surface area contributed by atoms with Gasteiger partial charge in [0.2, 0.25) is 0 Å². The Hall–Kier alpha value is -0.590. The predicted octanol–water partition coefficient (Wildman–Crippen LogP) is 1.79. The van der Waals surface area contributed by atoms with Crippen molar-refractivity contribution >= 4 is 5.78 Å². The summed E-state index contributed by atoms with van der Waals surface area (Å²) < 4.78 is 0. The van der Waals surface area contributed by atoms with Crippen molar-refractivity contribution < 1.29 is 4.79 Å². The molecule has 8 heavy (non-hydrogen) atoms. The second-order valence-electron chi connectivity index (χ2n) is 1.92. The summed E-state index contributed by atoms with van der Waals surface area (Å²) in [6.45, 7) is 7.28. The fraction of sp³-hybridized carbons (Fsp3) is 0.571. The molecule has 0 spiro atoms. The van der Waals surface area contributed by atoms with Crippen molar-refractivity contribution in [3.8, 4) is 0 Å². The van der Waals surface area contributed by atoms with Crippen LogP contribution in [0.1, 0.15) is 20.3 Å². The minimum atomic E-state index is 0.146. The quantitative estimate of drug-likeness (QED) is 0.509. The van der Waals surface area contributed by atoms with Crippen LogP contribution in [0, 0.1) is 5.92 Å². The molecule has 1 heteroatoms. The average Bonchev–Trinajstić information content (AvgIpc) is 1.84. The van der Waals surface area contributed by atoms with Gasteiger partial charge in [-0.25, -0.2) is 0 Å². The normalized spacial score (nSPS) is 12.8. The van der Waals surface area contributed by atoms with E-state index in [2.05, 4.69) is 6.58 Å². The Kier molecular flexibility index (Phi) is 3.16. The number of ketones is 1. The fourth-order valence-electron chi connectivity index (χ4n) is 0.402. The Morgan fingerprint density at radius 1 is 1.88 bits per heavy atom. The van der Waals surface area contributed by atoms with Crippen LogP contribution in [0.15, 0.2) is 12.7 Å². The highest BCUT2D eigenvalue weighted by molar-refractivity contribution is 5.90. The van der Waals surface area contributed by atoms with E-state index in [9.17, 15) is 4.79 Å². The molecule has 46 valence electrons. The molecule has 1 unspecified atom stereocenters. The number of hydrogen-bond donors (Lipinski definition) is 0. The summed E-state index contributed by atoms with van der Waals surface area (Å²) in [5.41, 5.74) is 0. The highest BCUT2D eigenvalue weighted by Crippen LogP contribution is 2.01. The Bertz CT molecular complexity index is 94.6. The lowest BCUT2D eigenvalue weighted by Gasteiger charge is -1.99. The molecule has 0 aromatic rings. The van der Waals surface area contributed by atoms with E-state index in [4.69, 9.17) is 0 Å². The first-order chi connectivity index (χ1) is 3.72. The topological polar surface area (TPSA) is 17.1 Å². The van der Waals surface area contributed by atoms with E-state index >= 15 is 0 Å². The standard InChI is InChI=1S/C7H12O/c1-4-6(3)7(8)5-2/h5-6H,2,4H2,1,3H3. The van der Waals surface area contributed by atoms with Crippen LogP contribution in [0.5, 0.6) is 0 Å². The number of carbonyl (C=O) groups is 1. The Labute approximate surface area is 50.4 Å². The molecule has 0 aromatic carbocycles. The van der Waals surface area contributed by atoms with Crippen molar-refractivity contribution in [2.24, 2.45) is 5.92 Å². The van der Waals surface area contributed by atoms with E-state index < -0.39 is 0 Å². The van der Waals surface area contributed by atoms with Gasteiger partial charge in [-0.2, -0.15) is 0 Å². The van der Waals surface area contributed by atoms with E-state index in [1.54, 1.807) is 0 Å². The van der Waals surface area contributed by atoms with E-state index in [1.807, 2.05) is 13.8 Å². The Balaban J connectivity index is 3.62. The molecular weight excluding hydrogens is 100 g/mol. The van der Waals surface area contributed by atoms with Gasteiger partial charge >= 0.3 is 0 Å². The molecule has 0 fully saturated rings. The van der Waals surface area contributed by atoms with E-state index in [0.717, 1.165) is 6.42 Å². The monoisotopic (exact) mass is 112 g/mol. The predicted molar refractivity (Wildman–Crippen MR) is 34.7 cm³/mol. The lowest BCUT2D eigenvalue weighted by atomic mass is 10.0. The van der Waals surface area contributed by atoms with Crippen LogP contribution < -0.4 is 0 Å². The molecule has 0 aliphatic rings. The lowest BCUT2D eigenvalue weighted by Crippen LogP contribution is -2.04. The van der Waals surface area contributed by atoms with Crippen molar-refractivity contribution in [3.63, 3.8) is 0 Å². The van der Waals surface area contributed by atoms with Crippen molar-refractivity contribution in [3.05, 3.63) is 12.7 Å². The third kappa shape index (κ3) is 1.92. The van der Waals surface area contributed by atoms with Crippen LogP contribution in [-0.2, 0) is 4.79 Å². The van der Waals surface area contributed by atoms with Gasteiger partial charge in [0.25, 0.3) is 0 Å². The highest BCUT2D eigenvalue weighted by atomic mass is 16.1. The van der Waals surface area contributed by atoms with Gasteiger partial charge in [0.1, 0.15) is 0 Å². The first-order valence-electron chi connectivity index (χ1n) is 2.88. The smallest absolute Gasteiger partial charge is 0.157 e. The first kappa shape index (κ1) is 7.41. The summed E-state index contributed by atoms with van der Waals surface area (Å²) in [6.07, 6.45) is 2.29. The molecule has 0 heterocycles. The van der Waals surface area contributed by atoms with Crippen LogP contribution in [0.25, 0.3) is 0 Å². The minimum absolute atomic E-state index is 0.146. The van der Waals surface area contributed by atoms with E-state index in [1.165, 1.54) is 6.08 Å². The van der Waals surface area contributed by atoms with Crippen LogP contribution >= 0.6 is 0 Å². The molecule has 0 saturated carbocycles. The maximum Gasteiger partial charge on any atom is 0.157 e. The van der Waals surface area contributed by atoms with Gasteiger partial charge in [0.05, 0.1) is 0 Å². The minimum Gasteiger partial charge on any atom is -0.295 e. The lowest BCUT2D eigenvalue weighted by molar-refractivity contribution is -0.117. The number of allylic oxidation sites excluding steroid dienone is 1. The second kappa shape index (κ2) is 3.42.